The van der Waals surface area contributed by atoms with Crippen LogP contribution in [0, 0.1) is 0 Å². The lowest BCUT2D eigenvalue weighted by molar-refractivity contribution is -0.114. The van der Waals surface area contributed by atoms with E-state index in [1.54, 1.807) is 18.2 Å². The van der Waals surface area contributed by atoms with Gasteiger partial charge in [-0.25, -0.2) is 0 Å². The third kappa shape index (κ3) is 3.40. The number of hydrogen-bond donors (Lipinski definition) is 0. The number of rotatable bonds is 3. The molecule has 0 bridgehead atoms. The molecule has 0 heterocycles. The van der Waals surface area contributed by atoms with Crippen molar-refractivity contribution in [2.45, 2.75) is 11.8 Å². The number of benzene rings is 1. The zero-order chi connectivity index (χ0) is 9.84. The standard InChI is InChI=1S/C9H9BrO2S/c1-7(11)6-13(12)9-4-2-3-8(10)5-9/h2-5H,6H2,1H3. The summed E-state index contributed by atoms with van der Waals surface area (Å²) >= 11 is 3.28. The van der Waals surface area contributed by atoms with Gasteiger partial charge in [0.1, 0.15) is 5.78 Å². The second kappa shape index (κ2) is 4.67. The molecule has 1 rings (SSSR count). The average Bonchev–Trinajstić information content (AvgIpc) is 2.03. The molecule has 2 nitrogen and oxygen atoms in total. The van der Waals surface area contributed by atoms with Crippen molar-refractivity contribution in [2.24, 2.45) is 0 Å². The molecule has 13 heavy (non-hydrogen) atoms. The Balaban J connectivity index is 2.83. The molecule has 70 valence electrons. The van der Waals surface area contributed by atoms with Crippen LogP contribution in [0.3, 0.4) is 0 Å². The maximum Gasteiger partial charge on any atom is 0.142 e. The summed E-state index contributed by atoms with van der Waals surface area (Å²) in [4.78, 5) is 11.4. The second-order valence-electron chi connectivity index (χ2n) is 2.65. The van der Waals surface area contributed by atoms with Crippen LogP contribution in [0.2, 0.25) is 0 Å². The van der Waals surface area contributed by atoms with Gasteiger partial charge in [0.25, 0.3) is 0 Å². The number of ketones is 1. The van der Waals surface area contributed by atoms with Crippen LogP contribution in [0.5, 0.6) is 0 Å². The summed E-state index contributed by atoms with van der Waals surface area (Å²) in [5, 5.41) is 0. The van der Waals surface area contributed by atoms with E-state index in [-0.39, 0.29) is 11.5 Å². The summed E-state index contributed by atoms with van der Waals surface area (Å²) in [5.74, 6) is 0.0366. The molecule has 0 aromatic heterocycles. The van der Waals surface area contributed by atoms with Crippen LogP contribution in [0.25, 0.3) is 0 Å². The van der Waals surface area contributed by atoms with Crippen molar-refractivity contribution in [1.29, 1.82) is 0 Å². The highest BCUT2D eigenvalue weighted by atomic mass is 79.9. The van der Waals surface area contributed by atoms with Crippen LogP contribution in [-0.2, 0) is 15.6 Å². The van der Waals surface area contributed by atoms with Gasteiger partial charge >= 0.3 is 0 Å². The fraction of sp³-hybridized carbons (Fsp3) is 0.222. The van der Waals surface area contributed by atoms with Crippen LogP contribution < -0.4 is 0 Å². The van der Waals surface area contributed by atoms with Gasteiger partial charge in [0.15, 0.2) is 0 Å². The Hall–Kier alpha value is -0.480. The predicted molar refractivity (Wildman–Crippen MR) is 56.1 cm³/mol. The van der Waals surface area contributed by atoms with Crippen LogP contribution in [0.15, 0.2) is 33.6 Å². The first-order valence-electron chi connectivity index (χ1n) is 3.73. The molecule has 0 amide bonds. The van der Waals surface area contributed by atoms with E-state index < -0.39 is 10.8 Å². The molecule has 0 radical (unpaired) electrons. The van der Waals surface area contributed by atoms with E-state index >= 15 is 0 Å². The Morgan fingerprint density at radius 1 is 1.54 bits per heavy atom. The maximum absolute atomic E-state index is 11.5. The Labute approximate surface area is 87.9 Å². The molecule has 1 aromatic carbocycles. The van der Waals surface area contributed by atoms with E-state index in [1.807, 2.05) is 6.07 Å². The first kappa shape index (κ1) is 10.6. The minimum absolute atomic E-state index is 0.0571. The molecule has 0 aliphatic carbocycles. The fourth-order valence-electron chi connectivity index (χ4n) is 0.877. The fourth-order valence-corrected chi connectivity index (χ4v) is 2.45. The number of carbonyl (C=O) groups excluding carboxylic acids is 1. The quantitative estimate of drug-likeness (QED) is 0.835. The first-order chi connectivity index (χ1) is 6.09. The van der Waals surface area contributed by atoms with E-state index in [0.717, 1.165) is 4.47 Å². The number of hydrogen-bond acceptors (Lipinski definition) is 2. The maximum atomic E-state index is 11.5. The van der Waals surface area contributed by atoms with E-state index in [2.05, 4.69) is 15.9 Å². The topological polar surface area (TPSA) is 34.1 Å². The van der Waals surface area contributed by atoms with Crippen molar-refractivity contribution in [3.63, 3.8) is 0 Å². The van der Waals surface area contributed by atoms with Gasteiger partial charge in [-0.3, -0.25) is 9.00 Å². The number of carbonyl (C=O) groups is 1. The molecule has 0 aliphatic rings. The molecule has 0 saturated carbocycles. The van der Waals surface area contributed by atoms with E-state index in [4.69, 9.17) is 0 Å². The van der Waals surface area contributed by atoms with Gasteiger partial charge in [0, 0.05) is 9.37 Å². The minimum Gasteiger partial charge on any atom is -0.299 e. The van der Waals surface area contributed by atoms with Crippen LogP contribution in [-0.4, -0.2) is 15.7 Å². The lowest BCUT2D eigenvalue weighted by atomic mass is 10.4. The molecule has 1 aromatic rings. The van der Waals surface area contributed by atoms with Crippen molar-refractivity contribution in [2.75, 3.05) is 5.75 Å². The van der Waals surface area contributed by atoms with Gasteiger partial charge in [-0.05, 0) is 25.1 Å². The highest BCUT2D eigenvalue weighted by molar-refractivity contribution is 9.10. The molecule has 1 unspecified atom stereocenters. The zero-order valence-electron chi connectivity index (χ0n) is 7.12. The molecular formula is C9H9BrO2S. The highest BCUT2D eigenvalue weighted by Crippen LogP contribution is 2.14. The minimum atomic E-state index is -1.20. The lowest BCUT2D eigenvalue weighted by Gasteiger charge is -1.99. The number of Topliss-reactive ketones (excluding diaryl/α,β-unsaturated/α-hetero) is 1. The van der Waals surface area contributed by atoms with Gasteiger partial charge in [-0.15, -0.1) is 0 Å². The molecule has 1 atom stereocenters. The van der Waals surface area contributed by atoms with Crippen molar-refractivity contribution in [3.05, 3.63) is 28.7 Å². The smallest absolute Gasteiger partial charge is 0.142 e. The van der Waals surface area contributed by atoms with E-state index in [1.165, 1.54) is 6.92 Å². The van der Waals surface area contributed by atoms with Crippen LogP contribution >= 0.6 is 15.9 Å². The summed E-state index contributed by atoms with van der Waals surface area (Å²) in [5.41, 5.74) is 0. The summed E-state index contributed by atoms with van der Waals surface area (Å²) in [6.07, 6.45) is 0. The van der Waals surface area contributed by atoms with Crippen LogP contribution in [0.4, 0.5) is 0 Å². The summed E-state index contributed by atoms with van der Waals surface area (Å²) in [6.45, 7) is 1.44. The van der Waals surface area contributed by atoms with Crippen molar-refractivity contribution < 1.29 is 9.00 Å². The average molecular weight is 261 g/mol. The summed E-state index contributed by atoms with van der Waals surface area (Å²) < 4.78 is 12.4. The van der Waals surface area contributed by atoms with Gasteiger partial charge in [0.2, 0.25) is 0 Å². The van der Waals surface area contributed by atoms with Crippen molar-refractivity contribution in [3.8, 4) is 0 Å². The molecular weight excluding hydrogens is 252 g/mol. The third-order valence-corrected chi connectivity index (χ3v) is 3.34. The van der Waals surface area contributed by atoms with Crippen molar-refractivity contribution >= 4 is 32.5 Å². The Bertz CT molecular complexity index is 349. The Morgan fingerprint density at radius 3 is 2.77 bits per heavy atom. The zero-order valence-corrected chi connectivity index (χ0v) is 9.52. The van der Waals surface area contributed by atoms with Crippen LogP contribution in [0.1, 0.15) is 6.92 Å². The first-order valence-corrected chi connectivity index (χ1v) is 5.84. The van der Waals surface area contributed by atoms with E-state index in [9.17, 15) is 9.00 Å². The Kier molecular flexibility index (Phi) is 3.81. The SMILES string of the molecule is CC(=O)CS(=O)c1cccc(Br)c1. The number of halogens is 1. The van der Waals surface area contributed by atoms with Gasteiger partial charge in [-0.2, -0.15) is 0 Å². The third-order valence-electron chi connectivity index (χ3n) is 1.39. The van der Waals surface area contributed by atoms with Gasteiger partial charge in [0.05, 0.1) is 16.6 Å². The Morgan fingerprint density at radius 2 is 2.23 bits per heavy atom. The van der Waals surface area contributed by atoms with Gasteiger partial charge in [-0.1, -0.05) is 22.0 Å². The summed E-state index contributed by atoms with van der Waals surface area (Å²) in [7, 11) is -1.20. The molecule has 0 saturated heterocycles. The van der Waals surface area contributed by atoms with Gasteiger partial charge < -0.3 is 0 Å². The predicted octanol–water partition coefficient (Wildman–Crippen LogP) is 2.15. The monoisotopic (exact) mass is 260 g/mol. The molecule has 4 heteroatoms. The lowest BCUT2D eigenvalue weighted by Crippen LogP contribution is -2.06. The molecule has 0 fully saturated rings. The van der Waals surface area contributed by atoms with Crippen molar-refractivity contribution in [1.82, 2.24) is 0 Å². The largest absolute Gasteiger partial charge is 0.299 e. The molecule has 0 spiro atoms. The van der Waals surface area contributed by atoms with E-state index in [0.29, 0.717) is 4.90 Å². The highest BCUT2D eigenvalue weighted by Gasteiger charge is 2.06. The molecule has 0 N–H and O–H groups in total. The normalized spacial score (nSPS) is 12.5. The molecule has 0 aliphatic heterocycles. The second-order valence-corrected chi connectivity index (χ2v) is 5.02. The summed E-state index contributed by atoms with van der Waals surface area (Å²) in [6, 6.07) is 7.18.